The monoisotopic (exact) mass is 1160 g/mol. The van der Waals surface area contributed by atoms with Crippen LogP contribution < -0.4 is 0 Å². The first kappa shape index (κ1) is 80.1. The van der Waals surface area contributed by atoms with Crippen molar-refractivity contribution < 1.29 is 28.6 Å². The summed E-state index contributed by atoms with van der Waals surface area (Å²) < 4.78 is 17.0. The van der Waals surface area contributed by atoms with Gasteiger partial charge in [0.05, 0.1) is 0 Å². The lowest BCUT2D eigenvalue weighted by Gasteiger charge is -2.18. The van der Waals surface area contributed by atoms with Gasteiger partial charge in [0.15, 0.2) is 6.10 Å². The van der Waals surface area contributed by atoms with Crippen LogP contribution in [0.4, 0.5) is 0 Å². The van der Waals surface area contributed by atoms with Crippen LogP contribution in [-0.2, 0) is 28.6 Å². The topological polar surface area (TPSA) is 78.9 Å². The van der Waals surface area contributed by atoms with Crippen LogP contribution in [0.1, 0.15) is 393 Å². The summed E-state index contributed by atoms with van der Waals surface area (Å²) in [6.07, 6.45) is 92.8. The first-order valence-electron chi connectivity index (χ1n) is 36.8. The molecule has 0 aromatic rings. The van der Waals surface area contributed by atoms with Crippen LogP contribution in [0.25, 0.3) is 0 Å². The Kier molecular flexibility index (Phi) is 69.1. The third kappa shape index (κ3) is 69.8. The molecule has 0 radical (unpaired) electrons. The second kappa shape index (κ2) is 71.6. The van der Waals surface area contributed by atoms with Crippen molar-refractivity contribution in [3.05, 3.63) is 60.8 Å². The molecule has 0 aliphatic heterocycles. The van der Waals surface area contributed by atoms with Gasteiger partial charge >= 0.3 is 17.9 Å². The van der Waals surface area contributed by atoms with E-state index >= 15 is 0 Å². The standard InChI is InChI=1S/C77H140O6/c1-4-7-10-13-16-19-22-25-27-29-30-31-32-33-34-35-36-37-38-39-40-41-42-43-44-45-46-48-49-52-55-58-61-64-67-70-76(79)82-73-74(72-81-75(78)69-66-63-60-57-54-51-24-21-18-15-12-9-6-3)83-77(80)71-68-65-62-59-56-53-50-47-28-26-23-20-17-14-11-8-5-2/h12,15,17,20-21,24,26,28-30,74H,4-11,13-14,16,18-19,22-23,25,27,31-73H2,1-3H3/b15-12-,20-17-,24-21-,28-26-,30-29-. The summed E-state index contributed by atoms with van der Waals surface area (Å²) in [5, 5.41) is 0. The van der Waals surface area contributed by atoms with E-state index in [1.807, 2.05) is 0 Å². The first-order valence-corrected chi connectivity index (χ1v) is 36.8. The van der Waals surface area contributed by atoms with Gasteiger partial charge in [-0.1, -0.05) is 332 Å². The van der Waals surface area contributed by atoms with E-state index in [9.17, 15) is 14.4 Å². The van der Waals surface area contributed by atoms with Crippen LogP contribution in [0.2, 0.25) is 0 Å². The van der Waals surface area contributed by atoms with Gasteiger partial charge in [-0.15, -0.1) is 0 Å². The number of allylic oxidation sites excluding steroid dienone is 10. The van der Waals surface area contributed by atoms with Gasteiger partial charge in [-0.3, -0.25) is 14.4 Å². The summed E-state index contributed by atoms with van der Waals surface area (Å²) in [6, 6.07) is 0. The van der Waals surface area contributed by atoms with Crippen LogP contribution in [0.15, 0.2) is 60.8 Å². The molecule has 484 valence electrons. The maximum Gasteiger partial charge on any atom is 0.306 e. The van der Waals surface area contributed by atoms with Crippen LogP contribution in [0.5, 0.6) is 0 Å². The van der Waals surface area contributed by atoms with Gasteiger partial charge in [0, 0.05) is 19.3 Å². The van der Waals surface area contributed by atoms with E-state index in [1.54, 1.807) is 0 Å². The van der Waals surface area contributed by atoms with E-state index < -0.39 is 6.10 Å². The normalized spacial score (nSPS) is 12.4. The fourth-order valence-corrected chi connectivity index (χ4v) is 10.9. The highest BCUT2D eigenvalue weighted by molar-refractivity contribution is 5.71. The highest BCUT2D eigenvalue weighted by atomic mass is 16.6. The Morgan fingerprint density at radius 3 is 0.747 bits per heavy atom. The highest BCUT2D eigenvalue weighted by Crippen LogP contribution is 2.18. The van der Waals surface area contributed by atoms with Gasteiger partial charge in [0.2, 0.25) is 0 Å². The Bertz CT molecular complexity index is 1470. The largest absolute Gasteiger partial charge is 0.462 e. The zero-order chi connectivity index (χ0) is 59.9. The Morgan fingerprint density at radius 1 is 0.241 bits per heavy atom. The van der Waals surface area contributed by atoms with Crippen molar-refractivity contribution in [3.63, 3.8) is 0 Å². The molecule has 0 aromatic heterocycles. The molecule has 1 atom stereocenters. The van der Waals surface area contributed by atoms with E-state index in [2.05, 4.69) is 81.5 Å². The molecule has 0 amide bonds. The minimum absolute atomic E-state index is 0.0786. The second-order valence-corrected chi connectivity index (χ2v) is 24.8. The quantitative estimate of drug-likeness (QED) is 0.0261. The average molecular weight is 1160 g/mol. The zero-order valence-electron chi connectivity index (χ0n) is 55.7. The van der Waals surface area contributed by atoms with Crippen LogP contribution in [0.3, 0.4) is 0 Å². The van der Waals surface area contributed by atoms with Crippen LogP contribution >= 0.6 is 0 Å². The molecule has 0 spiro atoms. The Labute approximate surface area is 517 Å². The Morgan fingerprint density at radius 2 is 0.458 bits per heavy atom. The number of rotatable bonds is 68. The van der Waals surface area contributed by atoms with Crippen LogP contribution in [-0.4, -0.2) is 37.2 Å². The minimum Gasteiger partial charge on any atom is -0.462 e. The van der Waals surface area contributed by atoms with Crippen molar-refractivity contribution in [3.8, 4) is 0 Å². The predicted octanol–water partition coefficient (Wildman–Crippen LogP) is 25.5. The van der Waals surface area contributed by atoms with Crippen molar-refractivity contribution >= 4 is 17.9 Å². The number of ether oxygens (including phenoxy) is 3. The van der Waals surface area contributed by atoms with E-state index in [0.717, 1.165) is 96.3 Å². The molecule has 83 heavy (non-hydrogen) atoms. The molecular weight excluding hydrogens is 1020 g/mol. The molecule has 0 aliphatic carbocycles. The fraction of sp³-hybridized carbons (Fsp3) is 0.831. The molecular formula is C77H140O6. The third-order valence-electron chi connectivity index (χ3n) is 16.4. The molecule has 0 aliphatic rings. The number of unbranched alkanes of at least 4 members (excludes halogenated alkanes) is 47. The Hall–Kier alpha value is -2.89. The van der Waals surface area contributed by atoms with Crippen molar-refractivity contribution in [2.24, 2.45) is 0 Å². The molecule has 0 fully saturated rings. The summed E-state index contributed by atoms with van der Waals surface area (Å²) in [6.45, 7) is 6.59. The average Bonchev–Trinajstić information content (AvgIpc) is 3.49. The van der Waals surface area contributed by atoms with Gasteiger partial charge in [0.25, 0.3) is 0 Å². The lowest BCUT2D eigenvalue weighted by molar-refractivity contribution is -0.167. The van der Waals surface area contributed by atoms with E-state index in [-0.39, 0.29) is 31.1 Å². The van der Waals surface area contributed by atoms with Crippen molar-refractivity contribution in [1.29, 1.82) is 0 Å². The van der Waals surface area contributed by atoms with Gasteiger partial charge in [-0.2, -0.15) is 0 Å². The summed E-state index contributed by atoms with van der Waals surface area (Å²) in [5.41, 5.74) is 0. The van der Waals surface area contributed by atoms with Crippen molar-refractivity contribution in [1.82, 2.24) is 0 Å². The van der Waals surface area contributed by atoms with E-state index in [1.165, 1.54) is 257 Å². The predicted molar refractivity (Wildman–Crippen MR) is 362 cm³/mol. The zero-order valence-corrected chi connectivity index (χ0v) is 55.7. The van der Waals surface area contributed by atoms with Gasteiger partial charge < -0.3 is 14.2 Å². The van der Waals surface area contributed by atoms with E-state index in [0.29, 0.717) is 19.3 Å². The molecule has 0 saturated carbocycles. The van der Waals surface area contributed by atoms with Crippen LogP contribution in [0, 0.1) is 0 Å². The van der Waals surface area contributed by atoms with E-state index in [4.69, 9.17) is 14.2 Å². The molecule has 0 N–H and O–H groups in total. The summed E-state index contributed by atoms with van der Waals surface area (Å²) in [7, 11) is 0. The number of carbonyl (C=O) groups is 3. The fourth-order valence-electron chi connectivity index (χ4n) is 10.9. The second-order valence-electron chi connectivity index (χ2n) is 24.8. The molecule has 1 unspecified atom stereocenters. The summed E-state index contributed by atoms with van der Waals surface area (Å²) >= 11 is 0. The van der Waals surface area contributed by atoms with Gasteiger partial charge in [-0.25, -0.2) is 0 Å². The van der Waals surface area contributed by atoms with Gasteiger partial charge in [-0.05, 0) is 103 Å². The molecule has 6 heteroatoms. The molecule has 0 heterocycles. The minimum atomic E-state index is -0.784. The number of esters is 3. The summed E-state index contributed by atoms with van der Waals surface area (Å²) in [4.78, 5) is 38.4. The smallest absolute Gasteiger partial charge is 0.306 e. The maximum absolute atomic E-state index is 12.9. The number of carbonyl (C=O) groups excluding carboxylic acids is 3. The molecule has 0 bridgehead atoms. The van der Waals surface area contributed by atoms with Crippen molar-refractivity contribution in [2.45, 2.75) is 399 Å². The molecule has 0 saturated heterocycles. The maximum atomic E-state index is 12.9. The van der Waals surface area contributed by atoms with Crippen molar-refractivity contribution in [2.75, 3.05) is 13.2 Å². The lowest BCUT2D eigenvalue weighted by atomic mass is 10.0. The number of hydrogen-bond donors (Lipinski definition) is 0. The SMILES string of the molecule is CCC/C=C\C/C=C\CCCCCCCC(=O)OCC(COC(=O)CCCCCCCCCCCCCCCCCCCCCCCCC/C=C\CCCCCCCCCC)OC(=O)CCCCCCCCC/C=C\C/C=C\CCCCC. The lowest BCUT2D eigenvalue weighted by Crippen LogP contribution is -2.30. The third-order valence-corrected chi connectivity index (χ3v) is 16.4. The molecule has 0 rings (SSSR count). The Balaban J connectivity index is 4.09. The summed E-state index contributed by atoms with van der Waals surface area (Å²) in [5.74, 6) is -0.880. The highest BCUT2D eigenvalue weighted by Gasteiger charge is 2.19. The number of hydrogen-bond acceptors (Lipinski definition) is 6. The molecule has 0 aromatic carbocycles. The van der Waals surface area contributed by atoms with Gasteiger partial charge in [0.1, 0.15) is 13.2 Å². The molecule has 6 nitrogen and oxygen atoms in total. The first-order chi connectivity index (χ1) is 41.0.